The van der Waals surface area contributed by atoms with Crippen LogP contribution in [0.25, 0.3) is 0 Å². The molecule has 1 saturated heterocycles. The molecule has 0 unspecified atom stereocenters. The summed E-state index contributed by atoms with van der Waals surface area (Å²) in [5.74, 6) is -0.117. The van der Waals surface area contributed by atoms with Crippen LogP contribution in [0.3, 0.4) is 0 Å². The summed E-state index contributed by atoms with van der Waals surface area (Å²) in [6.45, 7) is 10.6. The van der Waals surface area contributed by atoms with Gasteiger partial charge in [-0.15, -0.1) is 11.3 Å². The van der Waals surface area contributed by atoms with Crippen molar-refractivity contribution in [2.45, 2.75) is 82.6 Å². The largest absolute Gasteiger partial charge is 0.444 e. The van der Waals surface area contributed by atoms with Crippen LogP contribution in [0, 0.1) is 0 Å². The van der Waals surface area contributed by atoms with E-state index in [0.29, 0.717) is 37.4 Å². The molecule has 1 atom stereocenters. The highest BCUT2D eigenvalue weighted by Gasteiger charge is 2.45. The van der Waals surface area contributed by atoms with Gasteiger partial charge in [0, 0.05) is 24.5 Å². The first-order chi connectivity index (χ1) is 17.3. The monoisotopic (exact) mass is 548 g/mol. The molecular weight excluding hydrogens is 512 g/mol. The Kier molecular flexibility index (Phi) is 7.74. The molecule has 0 radical (unpaired) electrons. The van der Waals surface area contributed by atoms with E-state index in [1.54, 1.807) is 36.1 Å². The van der Waals surface area contributed by atoms with Crippen molar-refractivity contribution in [1.82, 2.24) is 10.2 Å². The van der Waals surface area contributed by atoms with Crippen LogP contribution in [0.1, 0.15) is 73.1 Å². The molecule has 1 spiro atoms. The number of carbonyl (C=O) groups excluding carboxylic acids is 2. The SMILES string of the molecule is CCS(=O)(=O)c1ccc(CNC(=O)c2cc3c(s2)C2(CCN(C(=O)OC(C)(C)C)CC2)O[C@H](C)C3)cc1. The number of piperidine rings is 1. The Balaban J connectivity index is 1.44. The van der Waals surface area contributed by atoms with Gasteiger partial charge in [-0.05, 0) is 76.3 Å². The van der Waals surface area contributed by atoms with Gasteiger partial charge in [-0.2, -0.15) is 0 Å². The number of ether oxygens (including phenoxy) is 2. The maximum atomic E-state index is 13.0. The van der Waals surface area contributed by atoms with Crippen molar-refractivity contribution in [1.29, 1.82) is 0 Å². The number of nitrogens with zero attached hydrogens (tertiary/aromatic N) is 1. The molecule has 10 heteroatoms. The highest BCUT2D eigenvalue weighted by Crippen LogP contribution is 2.47. The second kappa shape index (κ2) is 10.4. The topological polar surface area (TPSA) is 102 Å². The molecule has 8 nitrogen and oxygen atoms in total. The minimum absolute atomic E-state index is 0.0176. The van der Waals surface area contributed by atoms with E-state index >= 15 is 0 Å². The van der Waals surface area contributed by atoms with Gasteiger partial charge in [0.1, 0.15) is 11.2 Å². The molecule has 202 valence electrons. The highest BCUT2D eigenvalue weighted by molar-refractivity contribution is 7.91. The Bertz CT molecular complexity index is 1250. The summed E-state index contributed by atoms with van der Waals surface area (Å²) in [6, 6.07) is 8.58. The van der Waals surface area contributed by atoms with Crippen LogP contribution in [0.15, 0.2) is 35.2 Å². The molecule has 4 rings (SSSR count). The molecule has 2 aromatic rings. The summed E-state index contributed by atoms with van der Waals surface area (Å²) in [4.78, 5) is 29.3. The number of benzene rings is 1. The van der Waals surface area contributed by atoms with Gasteiger partial charge in [0.2, 0.25) is 0 Å². The zero-order chi connectivity index (χ0) is 27.0. The van der Waals surface area contributed by atoms with Crippen LogP contribution in [0.4, 0.5) is 4.79 Å². The number of rotatable bonds is 5. The van der Waals surface area contributed by atoms with Crippen LogP contribution in [-0.4, -0.2) is 55.9 Å². The standard InChI is InChI=1S/C27H36N2O6S2/c1-6-37(32,33)21-9-7-19(8-10-21)17-28-24(30)22-16-20-15-18(2)34-27(23(20)36-22)11-13-29(14-12-27)25(31)35-26(3,4)5/h7-10,16,18H,6,11-15,17H2,1-5H3,(H,28,30)/t18-/m1/s1. The Morgan fingerprint density at radius 1 is 1.19 bits per heavy atom. The molecule has 2 aliphatic heterocycles. The number of sulfone groups is 1. The minimum atomic E-state index is -3.25. The second-order valence-electron chi connectivity index (χ2n) is 10.8. The molecule has 1 N–H and O–H groups in total. The summed E-state index contributed by atoms with van der Waals surface area (Å²) in [5.41, 5.74) is 0.914. The van der Waals surface area contributed by atoms with Gasteiger partial charge in [-0.3, -0.25) is 4.79 Å². The fourth-order valence-electron chi connectivity index (χ4n) is 4.84. The van der Waals surface area contributed by atoms with E-state index < -0.39 is 21.0 Å². The summed E-state index contributed by atoms with van der Waals surface area (Å²) < 4.78 is 36.1. The quantitative estimate of drug-likeness (QED) is 0.583. The van der Waals surface area contributed by atoms with Crippen molar-refractivity contribution in [2.75, 3.05) is 18.8 Å². The number of hydrogen-bond acceptors (Lipinski definition) is 7. The van der Waals surface area contributed by atoms with Crippen LogP contribution >= 0.6 is 11.3 Å². The molecule has 2 amide bonds. The van der Waals surface area contributed by atoms with Crippen LogP contribution in [-0.2, 0) is 37.9 Å². The van der Waals surface area contributed by atoms with E-state index in [9.17, 15) is 18.0 Å². The first-order valence-corrected chi connectivity index (χ1v) is 15.2. The lowest BCUT2D eigenvalue weighted by Crippen LogP contribution is -2.50. The predicted molar refractivity (Wildman–Crippen MR) is 143 cm³/mol. The molecule has 3 heterocycles. The first kappa shape index (κ1) is 27.6. The van der Waals surface area contributed by atoms with E-state index in [1.807, 2.05) is 33.8 Å². The maximum absolute atomic E-state index is 13.0. The lowest BCUT2D eigenvalue weighted by atomic mass is 9.84. The van der Waals surface area contributed by atoms with Crippen molar-refractivity contribution < 1.29 is 27.5 Å². The van der Waals surface area contributed by atoms with Crippen molar-refractivity contribution in [3.63, 3.8) is 0 Å². The van der Waals surface area contributed by atoms with E-state index in [2.05, 4.69) is 5.32 Å². The molecule has 0 aliphatic carbocycles. The zero-order valence-corrected chi connectivity index (χ0v) is 23.8. The van der Waals surface area contributed by atoms with E-state index in [-0.39, 0.29) is 28.8 Å². The van der Waals surface area contributed by atoms with Gasteiger partial charge in [0.15, 0.2) is 9.84 Å². The third-order valence-electron chi connectivity index (χ3n) is 6.72. The van der Waals surface area contributed by atoms with Crippen LogP contribution in [0.2, 0.25) is 0 Å². The lowest BCUT2D eigenvalue weighted by molar-refractivity contribution is -0.129. The summed E-state index contributed by atoms with van der Waals surface area (Å²) >= 11 is 1.46. The fourth-order valence-corrected chi connectivity index (χ4v) is 7.02. The lowest BCUT2D eigenvalue weighted by Gasteiger charge is -2.45. The summed E-state index contributed by atoms with van der Waals surface area (Å²) in [6.07, 6.45) is 1.75. The van der Waals surface area contributed by atoms with E-state index in [1.165, 1.54) is 11.3 Å². The molecule has 1 aromatic carbocycles. The van der Waals surface area contributed by atoms with Crippen molar-refractivity contribution in [2.24, 2.45) is 0 Å². The molecule has 1 aromatic heterocycles. The van der Waals surface area contributed by atoms with Gasteiger partial charge in [-0.1, -0.05) is 19.1 Å². The molecule has 2 aliphatic rings. The molecule has 0 saturated carbocycles. The summed E-state index contributed by atoms with van der Waals surface area (Å²) in [7, 11) is -3.25. The number of thiophene rings is 1. The molecular formula is C27H36N2O6S2. The van der Waals surface area contributed by atoms with Crippen LogP contribution < -0.4 is 5.32 Å². The number of hydrogen-bond donors (Lipinski definition) is 1. The van der Waals surface area contributed by atoms with E-state index in [0.717, 1.165) is 22.4 Å². The third-order valence-corrected chi connectivity index (χ3v) is 9.83. The predicted octanol–water partition coefficient (Wildman–Crippen LogP) is 4.66. The average molecular weight is 549 g/mol. The smallest absolute Gasteiger partial charge is 0.410 e. The maximum Gasteiger partial charge on any atom is 0.410 e. The first-order valence-electron chi connectivity index (χ1n) is 12.7. The van der Waals surface area contributed by atoms with E-state index in [4.69, 9.17) is 9.47 Å². The number of nitrogens with one attached hydrogen (secondary N) is 1. The second-order valence-corrected chi connectivity index (χ2v) is 14.1. The van der Waals surface area contributed by atoms with Gasteiger partial charge in [0.05, 0.1) is 21.6 Å². The highest BCUT2D eigenvalue weighted by atomic mass is 32.2. The number of amides is 2. The third kappa shape index (κ3) is 6.18. The fraction of sp³-hybridized carbons (Fsp3) is 0.556. The van der Waals surface area contributed by atoms with Gasteiger partial charge >= 0.3 is 6.09 Å². The molecule has 37 heavy (non-hydrogen) atoms. The molecule has 1 fully saturated rings. The van der Waals surface area contributed by atoms with Gasteiger partial charge in [0.25, 0.3) is 5.91 Å². The number of carbonyl (C=O) groups is 2. The summed E-state index contributed by atoms with van der Waals surface area (Å²) in [5, 5.41) is 2.95. The van der Waals surface area contributed by atoms with Crippen molar-refractivity contribution in [3.8, 4) is 0 Å². The Morgan fingerprint density at radius 3 is 2.43 bits per heavy atom. The minimum Gasteiger partial charge on any atom is -0.444 e. The van der Waals surface area contributed by atoms with Crippen LogP contribution in [0.5, 0.6) is 0 Å². The van der Waals surface area contributed by atoms with Gasteiger partial charge in [-0.25, -0.2) is 13.2 Å². The average Bonchev–Trinajstić information content (AvgIpc) is 3.27. The van der Waals surface area contributed by atoms with Crippen molar-refractivity contribution in [3.05, 3.63) is 51.2 Å². The Morgan fingerprint density at radius 2 is 1.84 bits per heavy atom. The van der Waals surface area contributed by atoms with Gasteiger partial charge < -0.3 is 19.7 Å². The Labute approximate surface area is 223 Å². The number of fused-ring (bicyclic) bond motifs is 2. The Hall–Kier alpha value is -2.43. The number of likely N-dealkylation sites (tertiary alicyclic amines) is 1. The van der Waals surface area contributed by atoms with Crippen molar-refractivity contribution >= 4 is 33.2 Å². The molecule has 0 bridgehead atoms. The zero-order valence-electron chi connectivity index (χ0n) is 22.1. The normalized spacial score (nSPS) is 19.4.